The van der Waals surface area contributed by atoms with Gasteiger partial charge < -0.3 is 19.7 Å². The van der Waals surface area contributed by atoms with Crippen LogP contribution in [-0.2, 0) is 9.47 Å². The molecule has 4 heteroatoms. The molecule has 4 nitrogen and oxygen atoms in total. The Hall–Kier alpha value is -0.940. The average molecular weight is 264 g/mol. The molecule has 4 atom stereocenters. The van der Waals surface area contributed by atoms with Crippen LogP contribution in [-0.4, -0.2) is 41.2 Å². The van der Waals surface area contributed by atoms with E-state index < -0.39 is 11.7 Å². The Bertz CT molecular complexity index is 513. The fraction of sp³-hybridized carbons (Fsp3) is 0.600. The van der Waals surface area contributed by atoms with Crippen molar-refractivity contribution in [1.29, 1.82) is 0 Å². The lowest BCUT2D eigenvalue weighted by atomic mass is 9.93. The molecule has 0 saturated carbocycles. The Morgan fingerprint density at radius 1 is 1.21 bits per heavy atom. The van der Waals surface area contributed by atoms with Crippen molar-refractivity contribution < 1.29 is 19.7 Å². The van der Waals surface area contributed by atoms with E-state index in [0.717, 1.165) is 11.1 Å². The molecule has 2 heterocycles. The summed E-state index contributed by atoms with van der Waals surface area (Å²) in [5, 5.41) is 19.7. The van der Waals surface area contributed by atoms with Crippen molar-refractivity contribution in [2.75, 3.05) is 13.2 Å². The van der Waals surface area contributed by atoms with Gasteiger partial charge in [0, 0.05) is 0 Å². The third kappa shape index (κ3) is 1.75. The highest BCUT2D eigenvalue weighted by Gasteiger charge is 2.61. The number of rotatable bonds is 2. The molecule has 1 aromatic rings. The van der Waals surface area contributed by atoms with E-state index in [-0.39, 0.29) is 25.4 Å². The molecule has 3 rings (SSSR count). The number of aliphatic hydroxyl groups excluding tert-OH is 2. The summed E-state index contributed by atoms with van der Waals surface area (Å²) in [4.78, 5) is 0. The summed E-state index contributed by atoms with van der Waals surface area (Å²) < 4.78 is 11.6. The minimum Gasteiger partial charge on any atom is -0.393 e. The van der Waals surface area contributed by atoms with Crippen LogP contribution in [0.15, 0.2) is 12.1 Å². The van der Waals surface area contributed by atoms with Crippen LogP contribution in [0, 0.1) is 20.8 Å². The van der Waals surface area contributed by atoms with Crippen LogP contribution in [0.5, 0.6) is 0 Å². The first kappa shape index (κ1) is 13.1. The topological polar surface area (TPSA) is 58.9 Å². The third-order valence-corrected chi connectivity index (χ3v) is 4.49. The molecule has 2 aliphatic rings. The number of aryl methyl sites for hydroxylation is 3. The molecule has 2 unspecified atom stereocenters. The summed E-state index contributed by atoms with van der Waals surface area (Å²) in [7, 11) is 0. The molecule has 19 heavy (non-hydrogen) atoms. The molecule has 0 radical (unpaired) electrons. The molecule has 0 spiro atoms. The summed E-state index contributed by atoms with van der Waals surface area (Å²) in [6.07, 6.45) is -1.44. The van der Waals surface area contributed by atoms with Crippen LogP contribution in [0.2, 0.25) is 0 Å². The minimum atomic E-state index is -0.944. The largest absolute Gasteiger partial charge is 0.393 e. The number of hydrogen-bond acceptors (Lipinski definition) is 4. The lowest BCUT2D eigenvalue weighted by Crippen LogP contribution is -2.43. The lowest BCUT2D eigenvalue weighted by Gasteiger charge is -2.30. The molecule has 2 bridgehead atoms. The molecule has 2 aliphatic heterocycles. The number of benzene rings is 1. The number of aliphatic hydroxyl groups is 2. The predicted molar refractivity (Wildman–Crippen MR) is 70.0 cm³/mol. The van der Waals surface area contributed by atoms with Gasteiger partial charge in [-0.25, -0.2) is 0 Å². The van der Waals surface area contributed by atoms with E-state index in [4.69, 9.17) is 9.47 Å². The molecule has 104 valence electrons. The van der Waals surface area contributed by atoms with Crippen LogP contribution >= 0.6 is 0 Å². The average Bonchev–Trinajstić information content (AvgIpc) is 2.85. The van der Waals surface area contributed by atoms with Crippen molar-refractivity contribution in [3.8, 4) is 0 Å². The SMILES string of the molecule is Cc1cc(C)c(C2OC3(CO)CO[C@@H]2[C@@H]3O)cc1C. The predicted octanol–water partition coefficient (Wildman–Crippen LogP) is 1.17. The zero-order valence-electron chi connectivity index (χ0n) is 11.5. The normalized spacial score (nSPS) is 37.0. The fourth-order valence-electron chi connectivity index (χ4n) is 3.10. The minimum absolute atomic E-state index is 0.217. The van der Waals surface area contributed by atoms with Crippen molar-refractivity contribution in [3.05, 3.63) is 34.4 Å². The van der Waals surface area contributed by atoms with Gasteiger partial charge in [-0.15, -0.1) is 0 Å². The van der Waals surface area contributed by atoms with Crippen LogP contribution in [0.1, 0.15) is 28.4 Å². The first-order valence-electron chi connectivity index (χ1n) is 6.64. The molecule has 2 saturated heterocycles. The Labute approximate surface area is 113 Å². The molecule has 2 fully saturated rings. The molecule has 0 aromatic heterocycles. The molecule has 2 N–H and O–H groups in total. The first-order valence-corrected chi connectivity index (χ1v) is 6.64. The van der Waals surface area contributed by atoms with E-state index in [1.807, 2.05) is 6.92 Å². The monoisotopic (exact) mass is 264 g/mol. The van der Waals surface area contributed by atoms with Crippen LogP contribution in [0.4, 0.5) is 0 Å². The smallest absolute Gasteiger partial charge is 0.144 e. The Morgan fingerprint density at radius 3 is 2.53 bits per heavy atom. The van der Waals surface area contributed by atoms with E-state index in [1.165, 1.54) is 11.1 Å². The van der Waals surface area contributed by atoms with E-state index in [2.05, 4.69) is 26.0 Å². The summed E-state index contributed by atoms with van der Waals surface area (Å²) in [6.45, 7) is 6.22. The van der Waals surface area contributed by atoms with Gasteiger partial charge in [-0.2, -0.15) is 0 Å². The summed E-state index contributed by atoms with van der Waals surface area (Å²) in [5.74, 6) is 0. The van der Waals surface area contributed by atoms with E-state index in [0.29, 0.717) is 0 Å². The fourth-order valence-corrected chi connectivity index (χ4v) is 3.10. The highest BCUT2D eigenvalue weighted by Crippen LogP contribution is 2.47. The van der Waals surface area contributed by atoms with E-state index in [1.54, 1.807) is 0 Å². The third-order valence-electron chi connectivity index (χ3n) is 4.49. The summed E-state index contributed by atoms with van der Waals surface area (Å²) in [5.41, 5.74) is 3.66. The summed E-state index contributed by atoms with van der Waals surface area (Å²) >= 11 is 0. The standard InChI is InChI=1S/C15H20O4/c1-8-4-10(3)11(5-9(8)2)12-13-14(17)15(6-16,19-12)7-18-13/h4-5,12-14,16-17H,6-7H2,1-3H3/t12?,13-,14-,15?/m0/s1. The van der Waals surface area contributed by atoms with Crippen molar-refractivity contribution >= 4 is 0 Å². The Balaban J connectivity index is 1.99. The molecular weight excluding hydrogens is 244 g/mol. The van der Waals surface area contributed by atoms with Gasteiger partial charge in [-0.1, -0.05) is 12.1 Å². The molecule has 0 aliphatic carbocycles. The van der Waals surface area contributed by atoms with E-state index >= 15 is 0 Å². The second kappa shape index (κ2) is 4.28. The van der Waals surface area contributed by atoms with Crippen LogP contribution in [0.25, 0.3) is 0 Å². The zero-order chi connectivity index (χ0) is 13.8. The van der Waals surface area contributed by atoms with Gasteiger partial charge in [0.05, 0.1) is 13.2 Å². The van der Waals surface area contributed by atoms with Gasteiger partial charge >= 0.3 is 0 Å². The van der Waals surface area contributed by atoms with Gasteiger partial charge in [-0.05, 0) is 43.0 Å². The van der Waals surface area contributed by atoms with Crippen molar-refractivity contribution in [2.24, 2.45) is 0 Å². The highest BCUT2D eigenvalue weighted by atomic mass is 16.6. The lowest BCUT2D eigenvalue weighted by molar-refractivity contribution is -0.163. The maximum atomic E-state index is 10.2. The maximum Gasteiger partial charge on any atom is 0.144 e. The summed E-state index contributed by atoms with van der Waals surface area (Å²) in [6, 6.07) is 4.22. The molecule has 1 aromatic carbocycles. The van der Waals surface area contributed by atoms with Gasteiger partial charge in [0.1, 0.15) is 23.9 Å². The number of ether oxygens (including phenoxy) is 2. The maximum absolute atomic E-state index is 10.2. The van der Waals surface area contributed by atoms with Crippen molar-refractivity contribution in [1.82, 2.24) is 0 Å². The number of fused-ring (bicyclic) bond motifs is 2. The second-order valence-corrected chi connectivity index (χ2v) is 5.77. The van der Waals surface area contributed by atoms with Crippen LogP contribution in [0.3, 0.4) is 0 Å². The molecule has 0 amide bonds. The first-order chi connectivity index (χ1) is 8.98. The van der Waals surface area contributed by atoms with E-state index in [9.17, 15) is 10.2 Å². The van der Waals surface area contributed by atoms with Gasteiger partial charge in [0.25, 0.3) is 0 Å². The highest BCUT2D eigenvalue weighted by molar-refractivity contribution is 5.39. The number of hydrogen-bond donors (Lipinski definition) is 2. The second-order valence-electron chi connectivity index (χ2n) is 5.77. The van der Waals surface area contributed by atoms with Crippen molar-refractivity contribution in [2.45, 2.75) is 44.7 Å². The molecular formula is C15H20O4. The van der Waals surface area contributed by atoms with Gasteiger partial charge in [0.2, 0.25) is 0 Å². The van der Waals surface area contributed by atoms with Gasteiger partial charge in [-0.3, -0.25) is 0 Å². The zero-order valence-corrected chi connectivity index (χ0v) is 11.5. The van der Waals surface area contributed by atoms with Crippen LogP contribution < -0.4 is 0 Å². The quantitative estimate of drug-likeness (QED) is 0.842. The van der Waals surface area contributed by atoms with Gasteiger partial charge in [0.15, 0.2) is 0 Å². The van der Waals surface area contributed by atoms with Crippen molar-refractivity contribution in [3.63, 3.8) is 0 Å². The Kier molecular flexibility index (Phi) is 2.94. The Morgan fingerprint density at radius 2 is 1.89 bits per heavy atom.